The van der Waals surface area contributed by atoms with Gasteiger partial charge in [0.05, 0.1) is 17.0 Å². The smallest absolute Gasteiger partial charge is 0.341 e. The maximum atomic E-state index is 14.1. The first-order valence-electron chi connectivity index (χ1n) is 7.83. The van der Waals surface area contributed by atoms with E-state index in [0.29, 0.717) is 11.1 Å². The van der Waals surface area contributed by atoms with Crippen molar-refractivity contribution >= 4 is 29.1 Å². The molecule has 2 N–H and O–H groups in total. The predicted octanol–water partition coefficient (Wildman–Crippen LogP) is 3.01. The number of rotatable bonds is 5. The Bertz CT molecular complexity index is 1140. The molecule has 27 heavy (non-hydrogen) atoms. The molecule has 2 aromatic heterocycles. The van der Waals surface area contributed by atoms with Crippen LogP contribution in [0, 0.1) is 5.82 Å². The number of hydrogen-bond donors (Lipinski definition) is 2. The number of aromatic carboxylic acids is 1. The van der Waals surface area contributed by atoms with E-state index in [-0.39, 0.29) is 22.5 Å². The highest BCUT2D eigenvalue weighted by Crippen LogP contribution is 2.21. The molecule has 6 nitrogen and oxygen atoms in total. The lowest BCUT2D eigenvalue weighted by Gasteiger charge is -2.11. The van der Waals surface area contributed by atoms with Gasteiger partial charge in [0, 0.05) is 12.6 Å². The molecule has 0 unspecified atom stereocenters. The van der Waals surface area contributed by atoms with Crippen molar-refractivity contribution < 1.29 is 24.2 Å². The van der Waals surface area contributed by atoms with Gasteiger partial charge < -0.3 is 10.2 Å². The Morgan fingerprint density at radius 3 is 2.52 bits per heavy atom. The van der Waals surface area contributed by atoms with Crippen molar-refractivity contribution in [3.8, 4) is 0 Å². The van der Waals surface area contributed by atoms with Crippen LogP contribution in [0.2, 0.25) is 5.02 Å². The van der Waals surface area contributed by atoms with Crippen LogP contribution in [0.1, 0.15) is 27.0 Å². The number of carbonyl (C=O) groups is 2. The highest BCUT2D eigenvalue weighted by Gasteiger charge is 2.17. The Morgan fingerprint density at radius 1 is 1.11 bits per heavy atom. The van der Waals surface area contributed by atoms with Crippen molar-refractivity contribution in [2.75, 3.05) is 0 Å². The second-order valence-corrected chi connectivity index (χ2v) is 6.35. The number of pyridine rings is 2. The maximum Gasteiger partial charge on any atom is 0.341 e. The Hall–Kier alpha value is -3.19. The number of carboxylic acids is 2. The zero-order chi connectivity index (χ0) is 19.7. The summed E-state index contributed by atoms with van der Waals surface area (Å²) in [6.45, 7) is 0. The van der Waals surface area contributed by atoms with Gasteiger partial charge in [-0.2, -0.15) is 0 Å². The molecule has 3 aromatic rings. The number of hydrogen-bond acceptors (Lipinski definition) is 3. The molecular formula is C19H13ClFNO5. The summed E-state index contributed by atoms with van der Waals surface area (Å²) in [6, 6.07) is 8.79. The monoisotopic (exact) mass is 389 g/mol. The third-order valence-corrected chi connectivity index (χ3v) is 4.40. The van der Waals surface area contributed by atoms with Gasteiger partial charge in [-0.05, 0) is 34.9 Å². The molecule has 138 valence electrons. The highest BCUT2D eigenvalue weighted by atomic mass is 35.5. The minimum Gasteiger partial charge on any atom is -0.481 e. The molecule has 0 aliphatic heterocycles. The van der Waals surface area contributed by atoms with Crippen molar-refractivity contribution in [2.24, 2.45) is 0 Å². The van der Waals surface area contributed by atoms with E-state index in [1.807, 2.05) is 0 Å². The second kappa shape index (κ2) is 7.20. The fraction of sp³-hybridized carbons (Fsp3) is 0.105. The average molecular weight is 390 g/mol. The predicted molar refractivity (Wildman–Crippen MR) is 96.2 cm³/mol. The Labute approximate surface area is 157 Å². The molecule has 0 amide bonds. The molecule has 0 saturated carbocycles. The third kappa shape index (κ3) is 3.68. The van der Waals surface area contributed by atoms with Crippen LogP contribution in [0.5, 0.6) is 0 Å². The van der Waals surface area contributed by atoms with E-state index in [0.717, 1.165) is 10.5 Å². The zero-order valence-corrected chi connectivity index (χ0v) is 14.5. The molecule has 0 aliphatic carbocycles. The first-order valence-corrected chi connectivity index (χ1v) is 8.21. The molecule has 0 atom stereocenters. The molecular weight excluding hydrogens is 377 g/mol. The van der Waals surface area contributed by atoms with Gasteiger partial charge in [-0.3, -0.25) is 14.0 Å². The van der Waals surface area contributed by atoms with Crippen molar-refractivity contribution in [1.82, 2.24) is 4.40 Å². The molecule has 0 aliphatic rings. The lowest BCUT2D eigenvalue weighted by molar-refractivity contribution is -0.136. The van der Waals surface area contributed by atoms with Gasteiger partial charge in [0.15, 0.2) is 0 Å². The van der Waals surface area contributed by atoms with Gasteiger partial charge >= 0.3 is 11.9 Å². The number of aromatic nitrogens is 1. The summed E-state index contributed by atoms with van der Waals surface area (Å²) in [7, 11) is 0. The molecule has 2 heterocycles. The third-order valence-electron chi connectivity index (χ3n) is 4.10. The van der Waals surface area contributed by atoms with Gasteiger partial charge in [-0.15, -0.1) is 0 Å². The number of aliphatic carboxylic acids is 1. The van der Waals surface area contributed by atoms with Gasteiger partial charge in [0.25, 0.3) is 5.56 Å². The van der Waals surface area contributed by atoms with E-state index in [9.17, 15) is 23.9 Å². The van der Waals surface area contributed by atoms with Crippen molar-refractivity contribution in [3.05, 3.63) is 86.0 Å². The van der Waals surface area contributed by atoms with Crippen LogP contribution < -0.4 is 5.56 Å². The van der Waals surface area contributed by atoms with E-state index in [4.69, 9.17) is 16.7 Å². The van der Waals surface area contributed by atoms with Crippen LogP contribution in [0.4, 0.5) is 4.39 Å². The number of nitrogens with zero attached hydrogens (tertiary/aromatic N) is 1. The van der Waals surface area contributed by atoms with Crippen molar-refractivity contribution in [1.29, 1.82) is 0 Å². The van der Waals surface area contributed by atoms with Crippen LogP contribution >= 0.6 is 11.6 Å². The van der Waals surface area contributed by atoms with Gasteiger partial charge in [-0.1, -0.05) is 29.8 Å². The van der Waals surface area contributed by atoms with Crippen LogP contribution in [0.15, 0.2) is 47.4 Å². The molecule has 1 aromatic carbocycles. The fourth-order valence-electron chi connectivity index (χ4n) is 2.88. The molecule has 0 bridgehead atoms. The standard InChI is InChI=1S/C19H13ClFNO5/c20-14-3-1-2-11(17(14)21)6-10-4-5-15-12(8-16(23)24)7-13(19(26)27)18(25)22(15)9-10/h1-5,7,9H,6,8H2,(H,23,24)(H,26,27). The minimum absolute atomic E-state index is 0.0256. The van der Waals surface area contributed by atoms with Gasteiger partial charge in [0.1, 0.15) is 11.4 Å². The van der Waals surface area contributed by atoms with E-state index in [1.165, 1.54) is 18.3 Å². The molecule has 0 spiro atoms. The van der Waals surface area contributed by atoms with Crippen molar-refractivity contribution in [3.63, 3.8) is 0 Å². The number of halogens is 2. The maximum absolute atomic E-state index is 14.1. The summed E-state index contributed by atoms with van der Waals surface area (Å²) in [6.07, 6.45) is 1.07. The summed E-state index contributed by atoms with van der Waals surface area (Å²) < 4.78 is 15.2. The van der Waals surface area contributed by atoms with Crippen molar-refractivity contribution in [2.45, 2.75) is 12.8 Å². The summed E-state index contributed by atoms with van der Waals surface area (Å²) in [5, 5.41) is 18.2. The fourth-order valence-corrected chi connectivity index (χ4v) is 3.08. The SMILES string of the molecule is O=C(O)Cc1cc(C(=O)O)c(=O)n2cc(Cc3cccc(Cl)c3F)ccc12. The van der Waals surface area contributed by atoms with Crippen LogP contribution in [-0.4, -0.2) is 26.6 Å². The lowest BCUT2D eigenvalue weighted by Crippen LogP contribution is -2.24. The molecule has 3 rings (SSSR count). The number of fused-ring (bicyclic) bond motifs is 1. The molecule has 0 saturated heterocycles. The van der Waals surface area contributed by atoms with Crippen LogP contribution in [-0.2, 0) is 17.6 Å². The highest BCUT2D eigenvalue weighted by molar-refractivity contribution is 6.30. The van der Waals surface area contributed by atoms with Gasteiger partial charge in [-0.25, -0.2) is 9.18 Å². The average Bonchev–Trinajstić information content (AvgIpc) is 2.61. The van der Waals surface area contributed by atoms with E-state index in [1.54, 1.807) is 18.2 Å². The van der Waals surface area contributed by atoms with E-state index < -0.39 is 35.3 Å². The zero-order valence-electron chi connectivity index (χ0n) is 13.8. The summed E-state index contributed by atoms with van der Waals surface area (Å²) >= 11 is 5.77. The van der Waals surface area contributed by atoms with E-state index >= 15 is 0 Å². The first kappa shape index (κ1) is 18.6. The second-order valence-electron chi connectivity index (χ2n) is 5.95. The Morgan fingerprint density at radius 2 is 1.85 bits per heavy atom. The topological polar surface area (TPSA) is 96.1 Å². The first-order chi connectivity index (χ1) is 12.8. The van der Waals surface area contributed by atoms with Gasteiger partial charge in [0.2, 0.25) is 0 Å². The Kier molecular flexibility index (Phi) is 4.96. The number of benzene rings is 1. The lowest BCUT2D eigenvalue weighted by atomic mass is 10.0. The number of carboxylic acid groups (broad SMARTS) is 2. The summed E-state index contributed by atoms with van der Waals surface area (Å²) in [4.78, 5) is 34.9. The van der Waals surface area contributed by atoms with E-state index in [2.05, 4.69) is 0 Å². The quantitative estimate of drug-likeness (QED) is 0.699. The normalized spacial score (nSPS) is 10.9. The largest absolute Gasteiger partial charge is 0.481 e. The molecule has 8 heteroatoms. The van der Waals surface area contributed by atoms with Crippen LogP contribution in [0.25, 0.3) is 5.52 Å². The summed E-state index contributed by atoms with van der Waals surface area (Å²) in [5.41, 5.74) is 0.00206. The Balaban J connectivity index is 2.17. The molecule has 0 fully saturated rings. The minimum atomic E-state index is -1.45. The molecule has 0 radical (unpaired) electrons. The summed E-state index contributed by atoms with van der Waals surface area (Å²) in [5.74, 6) is -3.18. The van der Waals surface area contributed by atoms with Crippen LogP contribution in [0.3, 0.4) is 0 Å².